The summed E-state index contributed by atoms with van der Waals surface area (Å²) in [5.41, 5.74) is 16.6. The number of primary amides is 1. The number of halogens is 1. The third-order valence-corrected chi connectivity index (χ3v) is 3.26. The van der Waals surface area contributed by atoms with Crippen LogP contribution in [0.15, 0.2) is 66.2 Å². The lowest BCUT2D eigenvalue weighted by Crippen LogP contribution is -2.34. The Hall–Kier alpha value is -2.94. The van der Waals surface area contributed by atoms with Gasteiger partial charge in [-0.3, -0.25) is 9.59 Å². The summed E-state index contributed by atoms with van der Waals surface area (Å²) in [7, 11) is 0. The molecule has 1 aromatic rings. The molecule has 0 aliphatic heterocycles. The van der Waals surface area contributed by atoms with Crippen molar-refractivity contribution in [2.45, 2.75) is 13.1 Å². The summed E-state index contributed by atoms with van der Waals surface area (Å²) in [6, 6.07) is 3.24. The van der Waals surface area contributed by atoms with E-state index < -0.39 is 18.0 Å². The maximum Gasteiger partial charge on any atom is 0.271 e. The highest BCUT2D eigenvalue weighted by Crippen LogP contribution is 2.19. The Balaban J connectivity index is 3.23. The largest absolute Gasteiger partial charge is 0.366 e. The summed E-state index contributed by atoms with van der Waals surface area (Å²) in [5, 5.41) is 5.63. The van der Waals surface area contributed by atoms with Gasteiger partial charge in [-0.2, -0.15) is 0 Å². The highest BCUT2D eigenvalue weighted by atomic mass is 35.5. The quantitative estimate of drug-likeness (QED) is 0.258. The first-order chi connectivity index (χ1) is 12.3. The molecule has 0 saturated carbocycles. The molecule has 0 radical (unpaired) electrons. The van der Waals surface area contributed by atoms with Crippen molar-refractivity contribution in [1.29, 1.82) is 0 Å². The average Bonchev–Trinajstić information content (AvgIpc) is 2.56. The fourth-order valence-electron chi connectivity index (χ4n) is 1.87. The van der Waals surface area contributed by atoms with Crippen LogP contribution in [0.3, 0.4) is 0 Å². The molecule has 0 spiro atoms. The lowest BCUT2D eigenvalue weighted by Gasteiger charge is -2.14. The van der Waals surface area contributed by atoms with Crippen LogP contribution in [-0.2, 0) is 9.59 Å². The van der Waals surface area contributed by atoms with E-state index in [-0.39, 0.29) is 22.8 Å². The molecule has 0 fully saturated rings. The molecule has 0 atom stereocenters. The summed E-state index contributed by atoms with van der Waals surface area (Å²) >= 11 is 6.04. The zero-order valence-corrected chi connectivity index (χ0v) is 15.0. The normalized spacial score (nSPS) is 12.7. The van der Waals surface area contributed by atoms with Crippen molar-refractivity contribution in [1.82, 2.24) is 10.3 Å². The smallest absolute Gasteiger partial charge is 0.271 e. The maximum atomic E-state index is 12.6. The van der Waals surface area contributed by atoms with Gasteiger partial charge < -0.3 is 27.8 Å². The van der Waals surface area contributed by atoms with Gasteiger partial charge in [0.1, 0.15) is 11.5 Å². The van der Waals surface area contributed by atoms with Crippen LogP contribution in [-0.4, -0.2) is 23.0 Å². The molecular formula is C17H21ClN6O2. The Bertz CT molecular complexity index is 783. The highest BCUT2D eigenvalue weighted by molar-refractivity contribution is 6.33. The average molecular weight is 377 g/mol. The van der Waals surface area contributed by atoms with Gasteiger partial charge in [0, 0.05) is 6.20 Å². The number of nitrogens with zero attached hydrogens (tertiary/aromatic N) is 1. The second-order valence-corrected chi connectivity index (χ2v) is 5.37. The van der Waals surface area contributed by atoms with Gasteiger partial charge >= 0.3 is 0 Å². The van der Waals surface area contributed by atoms with Crippen LogP contribution in [0.25, 0.3) is 0 Å². The molecule has 0 aliphatic rings. The lowest BCUT2D eigenvalue weighted by molar-refractivity contribution is -0.116. The van der Waals surface area contributed by atoms with Gasteiger partial charge in [-0.25, -0.2) is 4.98 Å². The van der Waals surface area contributed by atoms with Gasteiger partial charge in [-0.05, 0) is 31.2 Å². The van der Waals surface area contributed by atoms with E-state index in [1.54, 1.807) is 25.1 Å². The standard InChI is InChI=1S/C17H21ClN6O2/c1-3-6-12(10(4-2)15(21)25)24-17(26)13(9-14(19)20)23-16-11(18)7-5-8-22-16/h3-9,14H,2,19-20H2,1H3,(H2,21,25)(H,22,23)(H,24,26)/b6-3-,12-10-,13-9-. The number of rotatable bonds is 8. The summed E-state index contributed by atoms with van der Waals surface area (Å²) < 4.78 is 0. The van der Waals surface area contributed by atoms with Crippen LogP contribution in [0.4, 0.5) is 5.82 Å². The Morgan fingerprint density at radius 1 is 1.38 bits per heavy atom. The van der Waals surface area contributed by atoms with Crippen molar-refractivity contribution in [3.63, 3.8) is 0 Å². The molecule has 0 saturated heterocycles. The summed E-state index contributed by atoms with van der Waals surface area (Å²) in [6.07, 6.45) is 6.25. The number of hydrogen-bond acceptors (Lipinski definition) is 6. The van der Waals surface area contributed by atoms with E-state index in [4.69, 9.17) is 28.8 Å². The molecule has 26 heavy (non-hydrogen) atoms. The molecule has 1 heterocycles. The van der Waals surface area contributed by atoms with Crippen molar-refractivity contribution in [2.75, 3.05) is 5.32 Å². The maximum absolute atomic E-state index is 12.6. The molecule has 0 aromatic carbocycles. The number of pyridine rings is 1. The van der Waals surface area contributed by atoms with Gasteiger partial charge in [0.25, 0.3) is 11.8 Å². The molecule has 1 aromatic heterocycles. The monoisotopic (exact) mass is 376 g/mol. The van der Waals surface area contributed by atoms with Crippen LogP contribution in [0.1, 0.15) is 6.92 Å². The number of nitrogens with two attached hydrogens (primary N) is 3. The van der Waals surface area contributed by atoms with Crippen molar-refractivity contribution in [3.05, 3.63) is 71.2 Å². The second-order valence-electron chi connectivity index (χ2n) is 4.97. The molecule has 9 heteroatoms. The predicted molar refractivity (Wildman–Crippen MR) is 102 cm³/mol. The number of nitrogens with one attached hydrogen (secondary N) is 2. The molecule has 0 unspecified atom stereocenters. The van der Waals surface area contributed by atoms with E-state index >= 15 is 0 Å². The van der Waals surface area contributed by atoms with Crippen LogP contribution in [0.2, 0.25) is 5.02 Å². The van der Waals surface area contributed by atoms with E-state index in [2.05, 4.69) is 22.2 Å². The Kier molecular flexibility index (Phi) is 8.23. The number of aromatic nitrogens is 1. The van der Waals surface area contributed by atoms with Crippen LogP contribution >= 0.6 is 11.6 Å². The van der Waals surface area contributed by atoms with E-state index in [9.17, 15) is 9.59 Å². The topological polar surface area (TPSA) is 149 Å². The van der Waals surface area contributed by atoms with Gasteiger partial charge in [0.15, 0.2) is 0 Å². The summed E-state index contributed by atoms with van der Waals surface area (Å²) in [4.78, 5) is 28.2. The van der Waals surface area contributed by atoms with E-state index in [0.29, 0.717) is 5.02 Å². The number of carbonyl (C=O) groups excluding carboxylic acids is 2. The SMILES string of the molecule is C=C/C(C(N)=O)=C(\C=C/C)NC(=O)/C(=C/C(N)N)Nc1ncccc1Cl. The highest BCUT2D eigenvalue weighted by Gasteiger charge is 2.16. The Morgan fingerprint density at radius 3 is 2.58 bits per heavy atom. The number of carbonyl (C=O) groups is 2. The van der Waals surface area contributed by atoms with Crippen molar-refractivity contribution >= 4 is 29.2 Å². The Labute approximate surface area is 156 Å². The number of anilines is 1. The zero-order chi connectivity index (χ0) is 19.7. The van der Waals surface area contributed by atoms with Crippen molar-refractivity contribution < 1.29 is 9.59 Å². The van der Waals surface area contributed by atoms with E-state index in [0.717, 1.165) is 0 Å². The van der Waals surface area contributed by atoms with Gasteiger partial charge in [-0.1, -0.05) is 30.3 Å². The van der Waals surface area contributed by atoms with E-state index in [1.807, 2.05) is 0 Å². The first-order valence-corrected chi connectivity index (χ1v) is 7.89. The molecule has 138 valence electrons. The fraction of sp³-hybridized carbons (Fsp3) is 0.118. The van der Waals surface area contributed by atoms with Gasteiger partial charge in [-0.15, -0.1) is 0 Å². The summed E-state index contributed by atoms with van der Waals surface area (Å²) in [5.74, 6) is -1.12. The number of amides is 2. The molecule has 2 amide bonds. The van der Waals surface area contributed by atoms with E-state index in [1.165, 1.54) is 24.4 Å². The minimum Gasteiger partial charge on any atom is -0.366 e. The van der Waals surface area contributed by atoms with Crippen LogP contribution in [0, 0.1) is 0 Å². The number of hydrogen-bond donors (Lipinski definition) is 5. The third-order valence-electron chi connectivity index (χ3n) is 2.96. The van der Waals surface area contributed by atoms with Crippen LogP contribution in [0.5, 0.6) is 0 Å². The van der Waals surface area contributed by atoms with Gasteiger partial charge in [0.2, 0.25) is 0 Å². The predicted octanol–water partition coefficient (Wildman–Crippen LogP) is 0.892. The molecule has 1 rings (SSSR count). The molecule has 8 N–H and O–H groups in total. The molecule has 8 nitrogen and oxygen atoms in total. The first-order valence-electron chi connectivity index (χ1n) is 7.51. The third kappa shape index (κ3) is 6.17. The minimum atomic E-state index is -0.921. The lowest BCUT2D eigenvalue weighted by atomic mass is 10.1. The van der Waals surface area contributed by atoms with Crippen molar-refractivity contribution in [2.24, 2.45) is 17.2 Å². The summed E-state index contributed by atoms with van der Waals surface area (Å²) in [6.45, 7) is 5.24. The minimum absolute atomic E-state index is 0.00418. The molecule has 0 aliphatic carbocycles. The fourth-order valence-corrected chi connectivity index (χ4v) is 2.04. The first kappa shape index (κ1) is 21.1. The van der Waals surface area contributed by atoms with Crippen molar-refractivity contribution in [3.8, 4) is 0 Å². The second kappa shape index (κ2) is 10.1. The molecular weight excluding hydrogens is 356 g/mol. The van der Waals surface area contributed by atoms with Gasteiger partial charge in [0.05, 0.1) is 22.5 Å². The number of allylic oxidation sites excluding steroid dienone is 2. The Morgan fingerprint density at radius 2 is 2.08 bits per heavy atom. The zero-order valence-electron chi connectivity index (χ0n) is 14.2. The molecule has 0 bridgehead atoms. The van der Waals surface area contributed by atoms with Crippen LogP contribution < -0.4 is 27.8 Å².